The van der Waals surface area contributed by atoms with E-state index in [-0.39, 0.29) is 11.8 Å². The molecule has 33 heavy (non-hydrogen) atoms. The second-order valence-electron chi connectivity index (χ2n) is 9.37. The molecule has 0 saturated carbocycles. The smallest absolute Gasteiger partial charge is 0.223 e. The van der Waals surface area contributed by atoms with Crippen LogP contribution in [-0.4, -0.2) is 47.0 Å². The Morgan fingerprint density at radius 2 is 1.52 bits per heavy atom. The predicted molar refractivity (Wildman–Crippen MR) is 131 cm³/mol. The van der Waals surface area contributed by atoms with Gasteiger partial charge in [-0.1, -0.05) is 25.1 Å². The molecule has 0 aliphatic carbocycles. The van der Waals surface area contributed by atoms with Gasteiger partial charge in [-0.15, -0.1) is 0 Å². The van der Waals surface area contributed by atoms with E-state index in [0.29, 0.717) is 6.54 Å². The van der Waals surface area contributed by atoms with Crippen molar-refractivity contribution in [1.82, 2.24) is 20.3 Å². The summed E-state index contributed by atoms with van der Waals surface area (Å²) < 4.78 is 0. The van der Waals surface area contributed by atoms with Crippen molar-refractivity contribution in [2.45, 2.75) is 39.2 Å². The van der Waals surface area contributed by atoms with Gasteiger partial charge in [0.25, 0.3) is 0 Å². The van der Waals surface area contributed by atoms with Gasteiger partial charge in [0.2, 0.25) is 5.91 Å². The van der Waals surface area contributed by atoms with Gasteiger partial charge in [0, 0.05) is 51.0 Å². The molecule has 7 nitrogen and oxygen atoms in total. The number of fused-ring (bicyclic) bond motifs is 1. The van der Waals surface area contributed by atoms with Crippen molar-refractivity contribution in [3.63, 3.8) is 0 Å². The highest BCUT2D eigenvalue weighted by molar-refractivity contribution is 5.82. The number of carbonyl (C=O) groups is 1. The second-order valence-corrected chi connectivity index (χ2v) is 9.37. The van der Waals surface area contributed by atoms with Crippen LogP contribution >= 0.6 is 0 Å². The number of rotatable bonds is 5. The summed E-state index contributed by atoms with van der Waals surface area (Å²) in [6.45, 7) is 6.53. The van der Waals surface area contributed by atoms with Gasteiger partial charge in [-0.2, -0.15) is 0 Å². The number of hydrogen-bond donors (Lipinski definition) is 1. The summed E-state index contributed by atoms with van der Waals surface area (Å²) in [4.78, 5) is 31.7. The number of piperidine rings is 2. The summed E-state index contributed by atoms with van der Waals surface area (Å²) in [5, 5.41) is 3.08. The number of anilines is 2. The van der Waals surface area contributed by atoms with Crippen molar-refractivity contribution >= 4 is 28.6 Å². The van der Waals surface area contributed by atoms with Crippen LogP contribution in [0, 0.1) is 11.8 Å². The fourth-order valence-corrected chi connectivity index (χ4v) is 4.82. The van der Waals surface area contributed by atoms with Crippen LogP contribution in [0.5, 0.6) is 0 Å². The van der Waals surface area contributed by atoms with E-state index in [1.165, 1.54) is 12.8 Å². The van der Waals surface area contributed by atoms with E-state index in [1.54, 1.807) is 12.4 Å². The normalized spacial score (nSPS) is 18.0. The molecule has 1 aromatic carbocycles. The lowest BCUT2D eigenvalue weighted by atomic mass is 9.95. The van der Waals surface area contributed by atoms with Crippen LogP contribution in [0.2, 0.25) is 0 Å². The molecule has 0 atom stereocenters. The number of pyridine rings is 1. The zero-order valence-corrected chi connectivity index (χ0v) is 19.3. The first kappa shape index (κ1) is 21.6. The number of hydrogen-bond acceptors (Lipinski definition) is 6. The summed E-state index contributed by atoms with van der Waals surface area (Å²) in [5.74, 6) is 2.90. The molecular weight excluding hydrogens is 412 g/mol. The van der Waals surface area contributed by atoms with E-state index in [9.17, 15) is 4.79 Å². The molecule has 2 saturated heterocycles. The Morgan fingerprint density at radius 1 is 0.909 bits per heavy atom. The molecule has 7 heteroatoms. The molecule has 1 N–H and O–H groups in total. The van der Waals surface area contributed by atoms with Crippen LogP contribution in [-0.2, 0) is 11.3 Å². The zero-order chi connectivity index (χ0) is 22.6. The van der Waals surface area contributed by atoms with Crippen LogP contribution in [0.15, 0.2) is 48.8 Å². The molecule has 1 amide bonds. The van der Waals surface area contributed by atoms with Gasteiger partial charge in [-0.25, -0.2) is 9.97 Å². The second kappa shape index (κ2) is 9.73. The van der Waals surface area contributed by atoms with Gasteiger partial charge in [-0.05, 0) is 55.4 Å². The fourth-order valence-electron chi connectivity index (χ4n) is 4.82. The van der Waals surface area contributed by atoms with Crippen molar-refractivity contribution in [3.05, 3.63) is 54.4 Å². The number of para-hydroxylation sites is 2. The van der Waals surface area contributed by atoms with Crippen LogP contribution in [0.25, 0.3) is 11.0 Å². The minimum atomic E-state index is 0.0330. The van der Waals surface area contributed by atoms with Gasteiger partial charge in [-0.3, -0.25) is 9.78 Å². The number of amides is 1. The SMILES string of the molecule is CC1CCN(c2nc3ccccc3nc2N2CCC(C(=O)NCc3cccnc3)CC2)CC1. The van der Waals surface area contributed by atoms with Gasteiger partial charge < -0.3 is 15.1 Å². The first-order valence-corrected chi connectivity index (χ1v) is 12.1. The summed E-state index contributed by atoms with van der Waals surface area (Å²) in [6, 6.07) is 12.0. The number of nitrogens with zero attached hydrogens (tertiary/aromatic N) is 5. The third-order valence-electron chi connectivity index (χ3n) is 6.97. The predicted octanol–water partition coefficient (Wildman–Crippen LogP) is 3.79. The standard InChI is InChI=1S/C26H32N6O/c1-19-8-13-31(14-9-19)24-25(30-23-7-3-2-6-22(23)29-24)32-15-10-21(11-16-32)26(33)28-18-20-5-4-12-27-17-20/h2-7,12,17,19,21H,8-11,13-16,18H2,1H3,(H,28,33). The maximum atomic E-state index is 12.7. The summed E-state index contributed by atoms with van der Waals surface area (Å²) in [5.41, 5.74) is 2.90. The third kappa shape index (κ3) is 4.92. The van der Waals surface area contributed by atoms with Crippen molar-refractivity contribution in [2.75, 3.05) is 36.0 Å². The molecule has 3 aromatic rings. The van der Waals surface area contributed by atoms with Gasteiger partial charge in [0.05, 0.1) is 11.0 Å². The van der Waals surface area contributed by atoms with Crippen molar-refractivity contribution in [1.29, 1.82) is 0 Å². The molecule has 4 heterocycles. The summed E-state index contributed by atoms with van der Waals surface area (Å²) >= 11 is 0. The molecule has 0 unspecified atom stereocenters. The summed E-state index contributed by atoms with van der Waals surface area (Å²) in [7, 11) is 0. The Bertz CT molecular complexity index is 1090. The largest absolute Gasteiger partial charge is 0.354 e. The Balaban J connectivity index is 1.29. The first-order chi connectivity index (χ1) is 16.2. The van der Waals surface area contributed by atoms with Crippen LogP contribution < -0.4 is 15.1 Å². The van der Waals surface area contributed by atoms with Crippen molar-refractivity contribution in [2.24, 2.45) is 11.8 Å². The number of benzene rings is 1. The average Bonchev–Trinajstić information content (AvgIpc) is 2.88. The molecular formula is C26H32N6O. The Hall–Kier alpha value is -3.22. The topological polar surface area (TPSA) is 74.2 Å². The monoisotopic (exact) mass is 444 g/mol. The van der Waals surface area contributed by atoms with E-state index >= 15 is 0 Å². The molecule has 2 aromatic heterocycles. The van der Waals surface area contributed by atoms with Crippen LogP contribution in [0.1, 0.15) is 38.2 Å². The average molecular weight is 445 g/mol. The van der Waals surface area contributed by atoms with Gasteiger partial charge >= 0.3 is 0 Å². The van der Waals surface area contributed by atoms with Crippen LogP contribution in [0.4, 0.5) is 11.6 Å². The van der Waals surface area contributed by atoms with Gasteiger partial charge in [0.15, 0.2) is 11.6 Å². The molecule has 0 spiro atoms. The minimum absolute atomic E-state index is 0.0330. The van der Waals surface area contributed by atoms with E-state index in [2.05, 4.69) is 27.0 Å². The lowest BCUT2D eigenvalue weighted by Crippen LogP contribution is -2.42. The lowest BCUT2D eigenvalue weighted by Gasteiger charge is -2.37. The fraction of sp³-hybridized carbons (Fsp3) is 0.462. The quantitative estimate of drug-likeness (QED) is 0.645. The molecule has 0 bridgehead atoms. The van der Waals surface area contributed by atoms with Gasteiger partial charge in [0.1, 0.15) is 0 Å². The molecule has 172 valence electrons. The van der Waals surface area contributed by atoms with E-state index in [0.717, 1.165) is 73.2 Å². The number of aromatic nitrogens is 3. The lowest BCUT2D eigenvalue weighted by molar-refractivity contribution is -0.125. The Morgan fingerprint density at radius 3 is 2.09 bits per heavy atom. The zero-order valence-electron chi connectivity index (χ0n) is 19.3. The first-order valence-electron chi connectivity index (χ1n) is 12.1. The van der Waals surface area contributed by atoms with Crippen molar-refractivity contribution in [3.8, 4) is 0 Å². The highest BCUT2D eigenvalue weighted by Gasteiger charge is 2.29. The van der Waals surface area contributed by atoms with E-state index in [1.807, 2.05) is 36.4 Å². The Labute approximate surface area is 195 Å². The molecule has 5 rings (SSSR count). The highest BCUT2D eigenvalue weighted by Crippen LogP contribution is 2.33. The maximum absolute atomic E-state index is 12.7. The third-order valence-corrected chi connectivity index (χ3v) is 6.97. The molecule has 2 fully saturated rings. The highest BCUT2D eigenvalue weighted by atomic mass is 16.1. The maximum Gasteiger partial charge on any atom is 0.223 e. The van der Waals surface area contributed by atoms with E-state index < -0.39 is 0 Å². The van der Waals surface area contributed by atoms with E-state index in [4.69, 9.17) is 9.97 Å². The molecule has 0 radical (unpaired) electrons. The minimum Gasteiger partial charge on any atom is -0.354 e. The number of nitrogens with one attached hydrogen (secondary N) is 1. The van der Waals surface area contributed by atoms with Crippen LogP contribution in [0.3, 0.4) is 0 Å². The number of carbonyl (C=O) groups excluding carboxylic acids is 1. The summed E-state index contributed by atoms with van der Waals surface area (Å²) in [6.07, 6.45) is 7.56. The molecule has 2 aliphatic rings. The Kier molecular flexibility index (Phi) is 6.37. The molecule has 2 aliphatic heterocycles. The van der Waals surface area contributed by atoms with Crippen molar-refractivity contribution < 1.29 is 4.79 Å².